The van der Waals surface area contributed by atoms with E-state index in [0.29, 0.717) is 70.4 Å². The first kappa shape index (κ1) is 29.4. The number of ether oxygens (including phenoxy) is 1. The monoisotopic (exact) mass is 662 g/mol. The van der Waals surface area contributed by atoms with Gasteiger partial charge in [-0.05, 0) is 72.8 Å². The van der Waals surface area contributed by atoms with Gasteiger partial charge in [0.05, 0.1) is 29.2 Å². The minimum atomic E-state index is 0.0342. The highest BCUT2D eigenvalue weighted by Crippen LogP contribution is 2.37. The van der Waals surface area contributed by atoms with Crippen LogP contribution in [-0.2, 0) is 0 Å². The van der Waals surface area contributed by atoms with Gasteiger partial charge < -0.3 is 9.84 Å². The van der Waals surface area contributed by atoms with Crippen molar-refractivity contribution in [3.63, 3.8) is 0 Å². The Labute approximate surface area is 264 Å². The maximum Gasteiger partial charge on any atom is 0.156 e. The molecular formula is C29H16Cl6N4O2. The number of phenols is 1. The summed E-state index contributed by atoms with van der Waals surface area (Å²) in [6, 6.07) is 20.3. The van der Waals surface area contributed by atoms with E-state index in [2.05, 4.69) is 19.9 Å². The van der Waals surface area contributed by atoms with Gasteiger partial charge in [0.15, 0.2) is 10.3 Å². The van der Waals surface area contributed by atoms with Gasteiger partial charge in [0.2, 0.25) is 0 Å². The van der Waals surface area contributed by atoms with Gasteiger partial charge in [-0.2, -0.15) is 0 Å². The summed E-state index contributed by atoms with van der Waals surface area (Å²) in [5, 5.41) is 12.6. The Balaban J connectivity index is 0.000000165. The molecule has 6 rings (SSSR count). The summed E-state index contributed by atoms with van der Waals surface area (Å²) in [6.07, 6.45) is 0. The maximum atomic E-state index is 9.93. The van der Waals surface area contributed by atoms with E-state index >= 15 is 0 Å². The second kappa shape index (κ2) is 12.4. The number of aromatic nitrogens is 4. The van der Waals surface area contributed by atoms with Crippen LogP contribution in [0.5, 0.6) is 11.5 Å². The van der Waals surface area contributed by atoms with Crippen LogP contribution in [-0.4, -0.2) is 32.2 Å². The van der Waals surface area contributed by atoms with Crippen LogP contribution in [0.3, 0.4) is 0 Å². The van der Waals surface area contributed by atoms with Gasteiger partial charge in [-0.3, -0.25) is 0 Å². The molecule has 0 aliphatic rings. The van der Waals surface area contributed by atoms with Gasteiger partial charge in [0.25, 0.3) is 0 Å². The first-order valence-corrected chi connectivity index (χ1v) is 14.0. The molecule has 0 aliphatic heterocycles. The van der Waals surface area contributed by atoms with Gasteiger partial charge >= 0.3 is 0 Å². The van der Waals surface area contributed by atoms with E-state index in [1.165, 1.54) is 6.07 Å². The summed E-state index contributed by atoms with van der Waals surface area (Å²) in [6.45, 7) is 0. The van der Waals surface area contributed by atoms with Crippen LogP contribution in [0.1, 0.15) is 0 Å². The SMILES string of the molecule is COc1ccc(Cl)cc1-c1nc2cc(Cl)ccc2nc1Cl.Oc1ccc(Cl)cc1-c1nc2cc(Cl)ccc2nc1Cl. The number of phenolic OH excluding ortho intramolecular Hbond substituents is 1. The Kier molecular flexibility index (Phi) is 8.90. The van der Waals surface area contributed by atoms with Crippen molar-refractivity contribution in [2.75, 3.05) is 7.11 Å². The van der Waals surface area contributed by atoms with Crippen LogP contribution < -0.4 is 4.74 Å². The summed E-state index contributed by atoms with van der Waals surface area (Å²) >= 11 is 36.3. The van der Waals surface area contributed by atoms with Crippen LogP contribution in [0.4, 0.5) is 0 Å². The predicted molar refractivity (Wildman–Crippen MR) is 168 cm³/mol. The van der Waals surface area contributed by atoms with E-state index in [-0.39, 0.29) is 16.1 Å². The summed E-state index contributed by atoms with van der Waals surface area (Å²) in [5.41, 5.74) is 4.53. The standard InChI is InChI=1S/C15H9Cl3N2O.C14H7Cl3N2O/c1-21-13-5-3-8(16)6-10(13)14-15(18)20-11-4-2-9(17)7-12(11)19-14;15-7-2-4-12(20)9(5-7)13-14(17)19-10-3-1-8(16)6-11(10)18-13/h2-7H,1H3;1-6,20H. The second-order valence-corrected chi connectivity index (χ2v) is 11.0. The largest absolute Gasteiger partial charge is 0.507 e. The van der Waals surface area contributed by atoms with Crippen LogP contribution >= 0.6 is 69.6 Å². The zero-order valence-corrected chi connectivity index (χ0v) is 25.4. The van der Waals surface area contributed by atoms with Crippen molar-refractivity contribution in [2.24, 2.45) is 0 Å². The van der Waals surface area contributed by atoms with Gasteiger partial charge in [0.1, 0.15) is 22.9 Å². The van der Waals surface area contributed by atoms with Crippen LogP contribution in [0, 0.1) is 0 Å². The van der Waals surface area contributed by atoms with Crippen LogP contribution in [0.2, 0.25) is 30.4 Å². The first-order chi connectivity index (χ1) is 19.6. The Hall–Kier alpha value is -3.10. The fourth-order valence-electron chi connectivity index (χ4n) is 3.92. The molecule has 41 heavy (non-hydrogen) atoms. The molecule has 0 saturated heterocycles. The van der Waals surface area contributed by atoms with Crippen LogP contribution in [0.25, 0.3) is 44.6 Å². The average molecular weight is 665 g/mol. The Bertz CT molecular complexity index is 1940. The molecule has 0 aliphatic carbocycles. The number of hydrogen-bond donors (Lipinski definition) is 1. The van der Waals surface area contributed by atoms with Crippen molar-refractivity contribution in [1.82, 2.24) is 19.9 Å². The summed E-state index contributed by atoms with van der Waals surface area (Å²) < 4.78 is 5.33. The van der Waals surface area contributed by atoms with Crippen molar-refractivity contribution < 1.29 is 9.84 Å². The number of methoxy groups -OCH3 is 1. The number of benzene rings is 4. The molecule has 6 aromatic rings. The zero-order valence-electron chi connectivity index (χ0n) is 20.8. The molecule has 0 atom stereocenters. The van der Waals surface area contributed by atoms with E-state index in [0.717, 1.165) is 0 Å². The average Bonchev–Trinajstić information content (AvgIpc) is 2.94. The molecule has 6 nitrogen and oxygen atoms in total. The molecule has 12 heteroatoms. The van der Waals surface area contributed by atoms with E-state index in [1.54, 1.807) is 73.8 Å². The summed E-state index contributed by atoms with van der Waals surface area (Å²) in [5.74, 6) is 0.656. The maximum absolute atomic E-state index is 9.93. The van der Waals surface area contributed by atoms with Crippen LogP contribution in [0.15, 0.2) is 72.8 Å². The molecule has 2 aromatic heterocycles. The molecule has 0 radical (unpaired) electrons. The third-order valence-corrected chi connectivity index (χ3v) is 7.27. The van der Waals surface area contributed by atoms with E-state index in [9.17, 15) is 5.11 Å². The third kappa shape index (κ3) is 6.54. The van der Waals surface area contributed by atoms with Gasteiger partial charge in [-0.25, -0.2) is 19.9 Å². The molecular weight excluding hydrogens is 649 g/mol. The van der Waals surface area contributed by atoms with E-state index in [4.69, 9.17) is 74.3 Å². The van der Waals surface area contributed by atoms with Gasteiger partial charge in [-0.1, -0.05) is 69.6 Å². The molecule has 0 unspecified atom stereocenters. The molecule has 0 bridgehead atoms. The molecule has 206 valence electrons. The molecule has 0 amide bonds. The normalized spacial score (nSPS) is 10.9. The highest BCUT2D eigenvalue weighted by Gasteiger charge is 2.16. The van der Waals surface area contributed by atoms with E-state index in [1.807, 2.05) is 0 Å². The lowest BCUT2D eigenvalue weighted by atomic mass is 10.1. The van der Waals surface area contributed by atoms with Gasteiger partial charge in [-0.15, -0.1) is 0 Å². The van der Waals surface area contributed by atoms with Gasteiger partial charge in [0, 0.05) is 31.2 Å². The smallest absolute Gasteiger partial charge is 0.156 e. The zero-order chi connectivity index (χ0) is 29.3. The van der Waals surface area contributed by atoms with Crippen molar-refractivity contribution in [1.29, 1.82) is 0 Å². The molecule has 0 spiro atoms. The number of nitrogens with zero attached hydrogens (tertiary/aromatic N) is 4. The number of aromatic hydroxyl groups is 1. The molecule has 0 saturated carbocycles. The lowest BCUT2D eigenvalue weighted by molar-refractivity contribution is 0.416. The minimum absolute atomic E-state index is 0.0342. The molecule has 2 heterocycles. The fourth-order valence-corrected chi connectivity index (χ4v) is 5.06. The Morgan fingerprint density at radius 2 is 0.951 bits per heavy atom. The van der Waals surface area contributed by atoms with Crippen molar-refractivity contribution in [3.8, 4) is 34.0 Å². The predicted octanol–water partition coefficient (Wildman–Crippen LogP) is 10.2. The topological polar surface area (TPSA) is 81.0 Å². The highest BCUT2D eigenvalue weighted by molar-refractivity contribution is 6.34. The fraction of sp³-hybridized carbons (Fsp3) is 0.0345. The summed E-state index contributed by atoms with van der Waals surface area (Å²) in [4.78, 5) is 17.5. The lowest BCUT2D eigenvalue weighted by Crippen LogP contribution is -1.94. The Morgan fingerprint density at radius 1 is 0.512 bits per heavy atom. The minimum Gasteiger partial charge on any atom is -0.507 e. The van der Waals surface area contributed by atoms with E-state index < -0.39 is 0 Å². The molecule has 1 N–H and O–H groups in total. The van der Waals surface area contributed by atoms with Crippen molar-refractivity contribution in [3.05, 3.63) is 103 Å². The van der Waals surface area contributed by atoms with Crippen molar-refractivity contribution in [2.45, 2.75) is 0 Å². The number of fused-ring (bicyclic) bond motifs is 2. The third-order valence-electron chi connectivity index (χ3n) is 5.80. The number of rotatable bonds is 3. The van der Waals surface area contributed by atoms with Crippen molar-refractivity contribution >= 4 is 91.7 Å². The quantitative estimate of drug-likeness (QED) is 0.203. The molecule has 0 fully saturated rings. The Morgan fingerprint density at radius 3 is 1.49 bits per heavy atom. The highest BCUT2D eigenvalue weighted by atomic mass is 35.5. The first-order valence-electron chi connectivity index (χ1n) is 11.7. The second-order valence-electron chi connectivity index (χ2n) is 8.50. The molecule has 4 aromatic carbocycles. The number of halogens is 6. The lowest BCUT2D eigenvalue weighted by Gasteiger charge is -2.10. The summed E-state index contributed by atoms with van der Waals surface area (Å²) in [7, 11) is 1.58. The number of hydrogen-bond acceptors (Lipinski definition) is 6.